The summed E-state index contributed by atoms with van der Waals surface area (Å²) in [5.41, 5.74) is 7.42. The number of hydrogen-bond acceptors (Lipinski definition) is 12. The summed E-state index contributed by atoms with van der Waals surface area (Å²) in [6.07, 6.45) is 0. The molecule has 14 nitrogen and oxygen atoms in total. The molecule has 0 spiro atoms. The van der Waals surface area contributed by atoms with Crippen LogP contribution in [0.15, 0.2) is 115 Å². The number of nitrogen functional groups attached to an aromatic ring is 1. The van der Waals surface area contributed by atoms with Gasteiger partial charge < -0.3 is 20.9 Å². The van der Waals surface area contributed by atoms with E-state index < -0.39 is 41.5 Å². The molecule has 0 aromatic heterocycles. The largest absolute Gasteiger partial charge is 0.505 e. The molecule has 0 radical (unpaired) electrons. The third-order valence-corrected chi connectivity index (χ3v) is 8.47. The van der Waals surface area contributed by atoms with E-state index >= 15 is 0 Å². The first-order chi connectivity index (χ1) is 21.7. The van der Waals surface area contributed by atoms with Crippen LogP contribution in [0.5, 0.6) is 11.5 Å². The van der Waals surface area contributed by atoms with Gasteiger partial charge in [-0.2, -0.15) is 27.1 Å². The molecule has 0 fully saturated rings. The molecule has 236 valence electrons. The van der Waals surface area contributed by atoms with E-state index in [1.165, 1.54) is 37.4 Å². The highest BCUT2D eigenvalue weighted by atomic mass is 32.2. The van der Waals surface area contributed by atoms with Crippen LogP contribution in [-0.2, 0) is 20.2 Å². The van der Waals surface area contributed by atoms with Crippen LogP contribution in [-0.4, -0.2) is 38.2 Å². The van der Waals surface area contributed by atoms with Crippen molar-refractivity contribution in [2.24, 2.45) is 20.5 Å². The Morgan fingerprint density at radius 3 is 2.11 bits per heavy atom. The van der Waals surface area contributed by atoms with Crippen LogP contribution in [0.2, 0.25) is 0 Å². The number of methoxy groups -OCH3 is 1. The van der Waals surface area contributed by atoms with Gasteiger partial charge in [-0.15, -0.1) is 10.2 Å². The van der Waals surface area contributed by atoms with Gasteiger partial charge in [0.2, 0.25) is 0 Å². The van der Waals surface area contributed by atoms with Crippen LogP contribution >= 0.6 is 0 Å². The number of nitrogens with one attached hydrogen (secondary N) is 1. The Labute approximate surface area is 263 Å². The molecule has 0 atom stereocenters. The van der Waals surface area contributed by atoms with E-state index in [9.17, 15) is 31.0 Å². The zero-order valence-electron chi connectivity index (χ0n) is 24.1. The van der Waals surface area contributed by atoms with Crippen LogP contribution in [0.1, 0.15) is 5.56 Å². The fourth-order valence-corrected chi connectivity index (χ4v) is 5.74. The van der Waals surface area contributed by atoms with E-state index in [0.29, 0.717) is 22.3 Å². The summed E-state index contributed by atoms with van der Waals surface area (Å²) in [4.78, 5) is -1.17. The van der Waals surface area contributed by atoms with E-state index in [2.05, 4.69) is 25.8 Å². The van der Waals surface area contributed by atoms with Gasteiger partial charge in [-0.25, -0.2) is 0 Å². The highest BCUT2D eigenvalue weighted by Gasteiger charge is 2.23. The van der Waals surface area contributed by atoms with Crippen molar-refractivity contribution >= 4 is 70.8 Å². The highest BCUT2D eigenvalue weighted by molar-refractivity contribution is 7.86. The highest BCUT2D eigenvalue weighted by Crippen LogP contribution is 2.43. The summed E-state index contributed by atoms with van der Waals surface area (Å²) < 4.78 is 72.6. The Balaban J connectivity index is 1.51. The van der Waals surface area contributed by atoms with Gasteiger partial charge in [-0.05, 0) is 78.5 Å². The first kappa shape index (κ1) is 32.0. The molecule has 16 heteroatoms. The Kier molecular flexibility index (Phi) is 8.71. The molecule has 0 aliphatic rings. The van der Waals surface area contributed by atoms with Gasteiger partial charge in [0, 0.05) is 22.8 Å². The lowest BCUT2D eigenvalue weighted by Gasteiger charge is -2.12. The van der Waals surface area contributed by atoms with E-state index in [1.54, 1.807) is 25.1 Å². The molecular weight excluding hydrogens is 636 g/mol. The maximum Gasteiger partial charge on any atom is 0.296 e. The number of azo groups is 2. The SMILES string of the molecule is COc1cc(N=Nc2ccc(N)c(S(=O)(=O)O)c2)c(C)cc1N=Nc1c(S(=O)(=O)O)cc2cc(Nc3ccccc3)ccc2c1O. The van der Waals surface area contributed by atoms with Crippen LogP contribution in [0.25, 0.3) is 10.8 Å². The number of benzene rings is 5. The number of ether oxygens (including phenoxy) is 1. The third-order valence-electron chi connectivity index (χ3n) is 6.69. The number of nitrogens with two attached hydrogens (primary N) is 1. The maximum absolute atomic E-state index is 12.4. The maximum atomic E-state index is 12.4. The predicted octanol–water partition coefficient (Wildman–Crippen LogP) is 7.51. The fraction of sp³-hybridized carbons (Fsp3) is 0.0667. The van der Waals surface area contributed by atoms with E-state index in [4.69, 9.17) is 10.5 Å². The molecule has 6 N–H and O–H groups in total. The van der Waals surface area contributed by atoms with Gasteiger partial charge in [-0.3, -0.25) is 9.11 Å². The van der Waals surface area contributed by atoms with Crippen molar-refractivity contribution in [1.82, 2.24) is 0 Å². The summed E-state index contributed by atoms with van der Waals surface area (Å²) in [5.74, 6) is -0.376. The van der Waals surface area contributed by atoms with Gasteiger partial charge >= 0.3 is 0 Å². The molecule has 5 aromatic carbocycles. The molecule has 0 unspecified atom stereocenters. The molecule has 0 heterocycles. The van der Waals surface area contributed by atoms with Crippen molar-refractivity contribution in [2.75, 3.05) is 18.2 Å². The second-order valence-corrected chi connectivity index (χ2v) is 12.7. The van der Waals surface area contributed by atoms with E-state index in [0.717, 1.165) is 11.8 Å². The van der Waals surface area contributed by atoms with E-state index in [-0.39, 0.29) is 28.2 Å². The lowest BCUT2D eigenvalue weighted by Crippen LogP contribution is -2.02. The van der Waals surface area contributed by atoms with Crippen LogP contribution in [0.3, 0.4) is 0 Å². The number of hydrogen-bond donors (Lipinski definition) is 5. The second-order valence-electron chi connectivity index (χ2n) is 9.88. The number of anilines is 3. The van der Waals surface area contributed by atoms with Crippen molar-refractivity contribution in [2.45, 2.75) is 16.7 Å². The van der Waals surface area contributed by atoms with Crippen LogP contribution < -0.4 is 15.8 Å². The number of fused-ring (bicyclic) bond motifs is 1. The number of para-hydroxylation sites is 1. The first-order valence-corrected chi connectivity index (χ1v) is 16.1. The van der Waals surface area contributed by atoms with Crippen LogP contribution in [0.4, 0.5) is 39.8 Å². The van der Waals surface area contributed by atoms with Crippen molar-refractivity contribution in [3.63, 3.8) is 0 Å². The van der Waals surface area contributed by atoms with E-state index in [1.807, 2.05) is 30.3 Å². The monoisotopic (exact) mass is 662 g/mol. The lowest BCUT2D eigenvalue weighted by molar-refractivity contribution is 0.416. The minimum Gasteiger partial charge on any atom is -0.505 e. The van der Waals surface area contributed by atoms with Crippen molar-refractivity contribution in [1.29, 1.82) is 0 Å². The molecular formula is C30H26N6O8S2. The minimum atomic E-state index is -4.86. The molecule has 0 bridgehead atoms. The number of phenolic OH excluding ortho intramolecular Hbond substituents is 1. The first-order valence-electron chi connectivity index (χ1n) is 13.2. The number of aromatic hydroxyl groups is 1. The van der Waals surface area contributed by atoms with Gasteiger partial charge in [0.1, 0.15) is 26.9 Å². The number of aryl methyl sites for hydroxylation is 1. The molecule has 46 heavy (non-hydrogen) atoms. The zero-order chi connectivity index (χ0) is 33.2. The average molecular weight is 663 g/mol. The van der Waals surface area contributed by atoms with Crippen molar-refractivity contribution < 1.29 is 35.8 Å². The molecule has 5 aromatic rings. The van der Waals surface area contributed by atoms with Crippen molar-refractivity contribution in [3.05, 3.63) is 90.5 Å². The standard InChI is InChI=1S/C30H26N6O8S2/c1-17-12-25(26(44-2)16-24(17)34-33-21-9-11-23(31)27(15-21)45(38,39)40)35-36-29-28(46(41,42)43)14-18-13-20(8-10-22(18)30(29)37)32-19-6-4-3-5-7-19/h3-16,32,37H,31H2,1-2H3,(H,38,39,40)(H,41,42,43). The summed E-state index contributed by atoms with van der Waals surface area (Å²) in [5, 5.41) is 31.1. The van der Waals surface area contributed by atoms with Gasteiger partial charge in [-0.1, -0.05) is 18.2 Å². The number of rotatable bonds is 9. The predicted molar refractivity (Wildman–Crippen MR) is 172 cm³/mol. The zero-order valence-corrected chi connectivity index (χ0v) is 25.8. The lowest BCUT2D eigenvalue weighted by atomic mass is 10.1. The summed E-state index contributed by atoms with van der Waals surface area (Å²) in [6, 6.07) is 22.0. The van der Waals surface area contributed by atoms with Gasteiger partial charge in [0.25, 0.3) is 20.2 Å². The number of phenols is 1. The average Bonchev–Trinajstić information content (AvgIpc) is 3.00. The Morgan fingerprint density at radius 1 is 0.739 bits per heavy atom. The van der Waals surface area contributed by atoms with Gasteiger partial charge in [0.15, 0.2) is 5.75 Å². The normalized spacial score (nSPS) is 12.3. The topological polar surface area (TPSA) is 226 Å². The molecule has 0 aliphatic carbocycles. The fourth-order valence-electron chi connectivity index (χ4n) is 4.45. The molecule has 0 aliphatic heterocycles. The van der Waals surface area contributed by atoms with Gasteiger partial charge in [0.05, 0.1) is 24.2 Å². The number of nitrogens with zero attached hydrogens (tertiary/aromatic N) is 4. The quantitative estimate of drug-likeness (QED) is 0.0592. The minimum absolute atomic E-state index is 0.0939. The van der Waals surface area contributed by atoms with Crippen LogP contribution in [0, 0.1) is 6.92 Å². The summed E-state index contributed by atoms with van der Waals surface area (Å²) >= 11 is 0. The molecule has 0 saturated carbocycles. The Bertz CT molecular complexity index is 2260. The molecule has 5 rings (SSSR count). The second kappa shape index (κ2) is 12.5. The molecule has 0 amide bonds. The summed E-state index contributed by atoms with van der Waals surface area (Å²) in [6.45, 7) is 1.66. The smallest absolute Gasteiger partial charge is 0.296 e. The van der Waals surface area contributed by atoms with Crippen molar-refractivity contribution in [3.8, 4) is 11.5 Å². The summed E-state index contributed by atoms with van der Waals surface area (Å²) in [7, 11) is -8.09. The Morgan fingerprint density at radius 2 is 1.43 bits per heavy atom. The Hall–Kier alpha value is -5.42. The third kappa shape index (κ3) is 6.94. The molecule has 0 saturated heterocycles.